The lowest BCUT2D eigenvalue weighted by Crippen LogP contribution is -2.24. The number of aromatic hydroxyl groups is 1. The normalized spacial score (nSPS) is 12.8. The number of pyridine rings is 1. The highest BCUT2D eigenvalue weighted by Gasteiger charge is 2.03. The molecule has 0 aromatic carbocycles. The van der Waals surface area contributed by atoms with Gasteiger partial charge in [0.05, 0.1) is 11.8 Å². The Kier molecular flexibility index (Phi) is 3.85. The van der Waals surface area contributed by atoms with Gasteiger partial charge in [-0.3, -0.25) is 4.98 Å². The molecule has 4 heteroatoms. The average molecular weight is 196 g/mol. The molecule has 0 bridgehead atoms. The lowest BCUT2D eigenvalue weighted by molar-refractivity contribution is 0.190. The first-order valence-electron chi connectivity index (χ1n) is 4.64. The fourth-order valence-electron chi connectivity index (χ4n) is 1.13. The summed E-state index contributed by atoms with van der Waals surface area (Å²) in [6.45, 7) is 4.54. The first-order valence-corrected chi connectivity index (χ1v) is 4.64. The van der Waals surface area contributed by atoms with Crippen LogP contribution in [0.5, 0.6) is 5.75 Å². The second kappa shape index (κ2) is 4.93. The SMILES string of the molecule is Cc1ccc(O)c(CNC[C@@H](C)O)n1. The molecule has 1 heterocycles. The quantitative estimate of drug-likeness (QED) is 0.658. The topological polar surface area (TPSA) is 65.4 Å². The number of aryl methyl sites for hydroxylation is 1. The summed E-state index contributed by atoms with van der Waals surface area (Å²) in [6, 6.07) is 3.38. The van der Waals surface area contributed by atoms with Crippen LogP contribution < -0.4 is 5.32 Å². The molecule has 3 N–H and O–H groups in total. The van der Waals surface area contributed by atoms with E-state index in [9.17, 15) is 5.11 Å². The van der Waals surface area contributed by atoms with Gasteiger partial charge in [0.25, 0.3) is 0 Å². The first kappa shape index (κ1) is 10.9. The number of nitrogens with zero attached hydrogens (tertiary/aromatic N) is 1. The van der Waals surface area contributed by atoms with Crippen molar-refractivity contribution in [3.63, 3.8) is 0 Å². The predicted octanol–water partition coefficient (Wildman–Crippen LogP) is 0.566. The molecule has 0 unspecified atom stereocenters. The van der Waals surface area contributed by atoms with Gasteiger partial charge in [0.15, 0.2) is 0 Å². The summed E-state index contributed by atoms with van der Waals surface area (Å²) in [5.41, 5.74) is 1.49. The summed E-state index contributed by atoms with van der Waals surface area (Å²) in [5, 5.41) is 21.4. The van der Waals surface area contributed by atoms with Gasteiger partial charge in [0.1, 0.15) is 5.75 Å². The van der Waals surface area contributed by atoms with E-state index in [1.165, 1.54) is 0 Å². The summed E-state index contributed by atoms with van der Waals surface area (Å²) < 4.78 is 0. The van der Waals surface area contributed by atoms with Crippen molar-refractivity contribution >= 4 is 0 Å². The van der Waals surface area contributed by atoms with Crippen molar-refractivity contribution in [1.82, 2.24) is 10.3 Å². The van der Waals surface area contributed by atoms with Crippen molar-refractivity contribution < 1.29 is 10.2 Å². The Balaban J connectivity index is 2.53. The van der Waals surface area contributed by atoms with Crippen molar-refractivity contribution in [2.75, 3.05) is 6.54 Å². The van der Waals surface area contributed by atoms with Crippen LogP contribution in [0.1, 0.15) is 18.3 Å². The summed E-state index contributed by atoms with van der Waals surface area (Å²) in [7, 11) is 0. The number of aromatic nitrogens is 1. The van der Waals surface area contributed by atoms with E-state index in [0.717, 1.165) is 5.69 Å². The number of hydrogen-bond acceptors (Lipinski definition) is 4. The fraction of sp³-hybridized carbons (Fsp3) is 0.500. The molecule has 0 amide bonds. The molecule has 14 heavy (non-hydrogen) atoms. The van der Waals surface area contributed by atoms with E-state index >= 15 is 0 Å². The molecule has 0 saturated heterocycles. The van der Waals surface area contributed by atoms with E-state index in [1.807, 2.05) is 6.92 Å². The van der Waals surface area contributed by atoms with Crippen LogP contribution in [0.4, 0.5) is 0 Å². The number of nitrogens with one attached hydrogen (secondary N) is 1. The minimum Gasteiger partial charge on any atom is -0.506 e. The zero-order chi connectivity index (χ0) is 10.6. The molecule has 1 atom stereocenters. The van der Waals surface area contributed by atoms with Crippen LogP contribution in [0, 0.1) is 6.92 Å². The number of aliphatic hydroxyl groups is 1. The number of hydrogen-bond donors (Lipinski definition) is 3. The molecular formula is C10H16N2O2. The third-order valence-electron chi connectivity index (χ3n) is 1.82. The summed E-state index contributed by atoms with van der Waals surface area (Å²) in [5.74, 6) is 0.189. The van der Waals surface area contributed by atoms with Crippen LogP contribution in [-0.4, -0.2) is 27.8 Å². The minimum atomic E-state index is -0.387. The maximum atomic E-state index is 9.44. The van der Waals surface area contributed by atoms with Crippen molar-refractivity contribution in [2.45, 2.75) is 26.5 Å². The minimum absolute atomic E-state index is 0.189. The van der Waals surface area contributed by atoms with Gasteiger partial charge in [-0.25, -0.2) is 0 Å². The van der Waals surface area contributed by atoms with Crippen LogP contribution in [0.2, 0.25) is 0 Å². The van der Waals surface area contributed by atoms with E-state index in [-0.39, 0.29) is 11.9 Å². The maximum absolute atomic E-state index is 9.44. The maximum Gasteiger partial charge on any atom is 0.138 e. The Morgan fingerprint density at radius 1 is 1.50 bits per heavy atom. The van der Waals surface area contributed by atoms with Crippen molar-refractivity contribution in [3.8, 4) is 5.75 Å². The summed E-state index contributed by atoms with van der Waals surface area (Å²) in [4.78, 5) is 4.18. The van der Waals surface area contributed by atoms with Gasteiger partial charge < -0.3 is 15.5 Å². The summed E-state index contributed by atoms with van der Waals surface area (Å²) >= 11 is 0. The average Bonchev–Trinajstić information content (AvgIpc) is 2.10. The van der Waals surface area contributed by atoms with Crippen molar-refractivity contribution in [3.05, 3.63) is 23.5 Å². The Morgan fingerprint density at radius 2 is 2.21 bits per heavy atom. The van der Waals surface area contributed by atoms with Gasteiger partial charge in [-0.1, -0.05) is 0 Å². The highest BCUT2D eigenvalue weighted by molar-refractivity contribution is 5.27. The fourth-order valence-corrected chi connectivity index (χ4v) is 1.13. The Bertz CT molecular complexity index is 300. The van der Waals surface area contributed by atoms with E-state index in [4.69, 9.17) is 5.11 Å². The van der Waals surface area contributed by atoms with Crippen LogP contribution >= 0.6 is 0 Å². The zero-order valence-electron chi connectivity index (χ0n) is 8.49. The van der Waals surface area contributed by atoms with E-state index in [1.54, 1.807) is 19.1 Å². The second-order valence-electron chi connectivity index (χ2n) is 3.40. The zero-order valence-corrected chi connectivity index (χ0v) is 8.49. The van der Waals surface area contributed by atoms with E-state index in [0.29, 0.717) is 18.8 Å². The molecule has 1 aromatic rings. The van der Waals surface area contributed by atoms with Crippen LogP contribution in [0.15, 0.2) is 12.1 Å². The molecular weight excluding hydrogens is 180 g/mol. The standard InChI is InChI=1S/C10H16N2O2/c1-7-3-4-10(14)9(12-7)6-11-5-8(2)13/h3-4,8,11,13-14H,5-6H2,1-2H3/t8-/m1/s1. The van der Waals surface area contributed by atoms with Crippen LogP contribution in [0.3, 0.4) is 0 Å². The largest absolute Gasteiger partial charge is 0.506 e. The van der Waals surface area contributed by atoms with Gasteiger partial charge >= 0.3 is 0 Å². The van der Waals surface area contributed by atoms with Gasteiger partial charge in [-0.2, -0.15) is 0 Å². The van der Waals surface area contributed by atoms with Crippen LogP contribution in [-0.2, 0) is 6.54 Å². The first-order chi connectivity index (χ1) is 6.59. The molecule has 4 nitrogen and oxygen atoms in total. The molecule has 0 radical (unpaired) electrons. The van der Waals surface area contributed by atoms with Gasteiger partial charge in [-0.05, 0) is 26.0 Å². The third-order valence-corrected chi connectivity index (χ3v) is 1.82. The van der Waals surface area contributed by atoms with E-state index < -0.39 is 0 Å². The molecule has 0 saturated carbocycles. The highest BCUT2D eigenvalue weighted by atomic mass is 16.3. The van der Waals surface area contributed by atoms with Crippen molar-refractivity contribution in [1.29, 1.82) is 0 Å². The summed E-state index contributed by atoms with van der Waals surface area (Å²) in [6.07, 6.45) is -0.387. The second-order valence-corrected chi connectivity index (χ2v) is 3.40. The lowest BCUT2D eigenvalue weighted by Gasteiger charge is -2.08. The predicted molar refractivity (Wildman–Crippen MR) is 54.0 cm³/mol. The Hall–Kier alpha value is -1.13. The van der Waals surface area contributed by atoms with Gasteiger partial charge in [0.2, 0.25) is 0 Å². The molecule has 1 rings (SSSR count). The molecule has 78 valence electrons. The molecule has 0 aliphatic heterocycles. The number of rotatable bonds is 4. The molecule has 0 aliphatic carbocycles. The van der Waals surface area contributed by atoms with Gasteiger partial charge in [-0.15, -0.1) is 0 Å². The third kappa shape index (κ3) is 3.32. The van der Waals surface area contributed by atoms with Crippen LogP contribution in [0.25, 0.3) is 0 Å². The number of aliphatic hydroxyl groups excluding tert-OH is 1. The molecule has 1 aromatic heterocycles. The molecule has 0 fully saturated rings. The lowest BCUT2D eigenvalue weighted by atomic mass is 10.3. The smallest absolute Gasteiger partial charge is 0.138 e. The van der Waals surface area contributed by atoms with Gasteiger partial charge in [0, 0.05) is 18.8 Å². The molecule has 0 spiro atoms. The highest BCUT2D eigenvalue weighted by Crippen LogP contribution is 2.13. The monoisotopic (exact) mass is 196 g/mol. The molecule has 0 aliphatic rings. The Labute approximate surface area is 83.6 Å². The van der Waals surface area contributed by atoms with Crippen molar-refractivity contribution in [2.24, 2.45) is 0 Å². The Morgan fingerprint density at radius 3 is 2.86 bits per heavy atom. The van der Waals surface area contributed by atoms with E-state index in [2.05, 4.69) is 10.3 Å².